The number of esters is 1. The summed E-state index contributed by atoms with van der Waals surface area (Å²) in [6.45, 7) is 10.9. The minimum Gasteiger partial charge on any atom is -0.465 e. The largest absolute Gasteiger partial charge is 0.465 e. The lowest BCUT2D eigenvalue weighted by molar-refractivity contribution is -0.384. The van der Waals surface area contributed by atoms with Crippen molar-refractivity contribution < 1.29 is 14.5 Å². The summed E-state index contributed by atoms with van der Waals surface area (Å²) in [4.78, 5) is 23.1. The molecule has 0 unspecified atom stereocenters. The maximum Gasteiger partial charge on any atom is 0.337 e. The average Bonchev–Trinajstić information content (AvgIpc) is 3.29. The highest BCUT2D eigenvalue weighted by molar-refractivity contribution is 5.99. The first-order valence-corrected chi connectivity index (χ1v) is 11.7. The molecule has 186 valence electrons. The number of methoxy groups -OCH3 is 1. The van der Waals surface area contributed by atoms with E-state index in [9.17, 15) is 20.2 Å². The quantitative estimate of drug-likeness (QED) is 0.203. The van der Waals surface area contributed by atoms with Gasteiger partial charge < -0.3 is 14.6 Å². The molecule has 0 saturated heterocycles. The number of nitriles is 1. The first kappa shape index (κ1) is 24.8. The molecule has 0 bridgehead atoms. The van der Waals surface area contributed by atoms with E-state index in [1.54, 1.807) is 24.3 Å². The lowest BCUT2D eigenvalue weighted by atomic mass is 10.0. The van der Waals surface area contributed by atoms with Crippen LogP contribution in [0.1, 0.15) is 50.5 Å². The summed E-state index contributed by atoms with van der Waals surface area (Å²) in [6, 6.07) is 14.0. The number of nitrogens with one attached hydrogen (secondary N) is 1. The van der Waals surface area contributed by atoms with E-state index in [0.717, 1.165) is 11.0 Å². The third-order valence-electron chi connectivity index (χ3n) is 5.85. The smallest absolute Gasteiger partial charge is 0.337 e. The first-order chi connectivity index (χ1) is 17.0. The van der Waals surface area contributed by atoms with Crippen molar-refractivity contribution in [1.82, 2.24) is 8.97 Å². The van der Waals surface area contributed by atoms with Crippen molar-refractivity contribution in [1.29, 1.82) is 5.26 Å². The molecule has 0 aliphatic carbocycles. The third kappa shape index (κ3) is 4.26. The van der Waals surface area contributed by atoms with Crippen molar-refractivity contribution in [2.45, 2.75) is 46.7 Å². The summed E-state index contributed by atoms with van der Waals surface area (Å²) >= 11 is 0. The number of hydrogen-bond acceptors (Lipinski definition) is 6. The van der Waals surface area contributed by atoms with E-state index in [4.69, 9.17) is 4.74 Å². The van der Waals surface area contributed by atoms with Gasteiger partial charge in [-0.1, -0.05) is 13.8 Å². The molecule has 9 heteroatoms. The van der Waals surface area contributed by atoms with Crippen molar-refractivity contribution in [3.8, 4) is 17.2 Å². The molecular formula is C27H29N5O4. The maximum atomic E-state index is 12.4. The molecule has 0 fully saturated rings. The van der Waals surface area contributed by atoms with Gasteiger partial charge in [0.05, 0.1) is 28.6 Å². The van der Waals surface area contributed by atoms with Crippen LogP contribution in [0.4, 0.5) is 11.5 Å². The number of carbonyl (C=O) groups is 1. The maximum absolute atomic E-state index is 12.4. The summed E-state index contributed by atoms with van der Waals surface area (Å²) < 4.78 is 9.03. The highest BCUT2D eigenvalue weighted by Crippen LogP contribution is 2.42. The molecule has 0 aliphatic heterocycles. The summed E-state index contributed by atoms with van der Waals surface area (Å²) in [5, 5.41) is 25.2. The topological polar surface area (TPSA) is 115 Å². The number of anilines is 1. The van der Waals surface area contributed by atoms with Crippen molar-refractivity contribution >= 4 is 34.2 Å². The number of non-ortho nitro benzene ring substituents is 1. The highest BCUT2D eigenvalue weighted by Gasteiger charge is 2.29. The van der Waals surface area contributed by atoms with Gasteiger partial charge in [0.15, 0.2) is 0 Å². The molecule has 2 heterocycles. The van der Waals surface area contributed by atoms with E-state index >= 15 is 0 Å². The second kappa shape index (κ2) is 9.04. The molecule has 0 aliphatic rings. The van der Waals surface area contributed by atoms with E-state index in [2.05, 4.69) is 29.8 Å². The number of nitrogens with zero attached hydrogens (tertiary/aromatic N) is 4. The van der Waals surface area contributed by atoms with Gasteiger partial charge in [-0.05, 0) is 62.6 Å². The molecule has 36 heavy (non-hydrogen) atoms. The van der Waals surface area contributed by atoms with Gasteiger partial charge in [0.2, 0.25) is 0 Å². The molecule has 0 spiro atoms. The Kier molecular flexibility index (Phi) is 6.23. The van der Waals surface area contributed by atoms with Crippen LogP contribution >= 0.6 is 0 Å². The van der Waals surface area contributed by atoms with Gasteiger partial charge in [-0.25, -0.2) is 4.79 Å². The zero-order valence-corrected chi connectivity index (χ0v) is 21.2. The summed E-state index contributed by atoms with van der Waals surface area (Å²) in [5.74, 6) is 0.514. The van der Waals surface area contributed by atoms with Crippen LogP contribution in [0, 0.1) is 27.4 Å². The van der Waals surface area contributed by atoms with Crippen LogP contribution in [-0.4, -0.2) is 32.5 Å². The molecule has 2 aromatic heterocycles. The average molecular weight is 488 g/mol. The molecule has 9 nitrogen and oxygen atoms in total. The van der Waals surface area contributed by atoms with E-state index in [-0.39, 0.29) is 17.1 Å². The molecular weight excluding hydrogens is 458 g/mol. The predicted octanol–water partition coefficient (Wildman–Crippen LogP) is 5.99. The Bertz CT molecular complexity index is 1530. The molecule has 0 atom stereocenters. The number of nitro benzene ring substituents is 1. The fourth-order valence-corrected chi connectivity index (χ4v) is 4.50. The highest BCUT2D eigenvalue weighted by atomic mass is 16.6. The van der Waals surface area contributed by atoms with Gasteiger partial charge in [0.25, 0.3) is 5.69 Å². The number of ether oxygens (including phenoxy) is 1. The number of benzene rings is 2. The Morgan fingerprint density at radius 2 is 1.83 bits per heavy atom. The predicted molar refractivity (Wildman–Crippen MR) is 139 cm³/mol. The lowest BCUT2D eigenvalue weighted by Gasteiger charge is -2.23. The van der Waals surface area contributed by atoms with E-state index in [1.165, 1.54) is 19.2 Å². The first-order valence-electron chi connectivity index (χ1n) is 11.7. The Labute approximate surface area is 209 Å². The van der Waals surface area contributed by atoms with Gasteiger partial charge in [-0.2, -0.15) is 5.26 Å². The van der Waals surface area contributed by atoms with Crippen molar-refractivity contribution in [2.75, 3.05) is 12.4 Å². The Hall–Kier alpha value is -4.32. The van der Waals surface area contributed by atoms with Gasteiger partial charge in [-0.15, -0.1) is 0 Å². The number of nitro groups is 1. The van der Waals surface area contributed by atoms with Crippen molar-refractivity contribution in [2.24, 2.45) is 5.92 Å². The molecule has 2 aromatic carbocycles. The van der Waals surface area contributed by atoms with Gasteiger partial charge in [0, 0.05) is 29.8 Å². The standard InChI is InChI=1S/C27H29N5O4/c1-16(2)15-30-21-12-9-18(26(33)36-6)13-22(21)31-24(29-27(3,4)5)23(20(14-28)25(30)31)17-7-10-19(11-8-17)32(34)35/h7-13,16,29H,15H2,1-6H3. The fourth-order valence-electron chi connectivity index (χ4n) is 4.50. The van der Waals surface area contributed by atoms with Crippen LogP contribution in [0.25, 0.3) is 27.8 Å². The number of imidazole rings is 1. The number of hydrogen-bond donors (Lipinski definition) is 1. The molecule has 4 aromatic rings. The molecule has 1 N–H and O–H groups in total. The Morgan fingerprint density at radius 1 is 1.17 bits per heavy atom. The van der Waals surface area contributed by atoms with Crippen LogP contribution < -0.4 is 5.32 Å². The normalized spacial score (nSPS) is 11.7. The number of carbonyl (C=O) groups excluding carboxylic acids is 1. The number of fused-ring (bicyclic) bond motifs is 3. The van der Waals surface area contributed by atoms with Crippen LogP contribution in [0.5, 0.6) is 0 Å². The molecule has 0 amide bonds. The summed E-state index contributed by atoms with van der Waals surface area (Å²) in [7, 11) is 1.34. The molecule has 0 saturated carbocycles. The zero-order chi connectivity index (χ0) is 26.4. The van der Waals surface area contributed by atoms with Crippen LogP contribution in [0.15, 0.2) is 42.5 Å². The van der Waals surface area contributed by atoms with Crippen molar-refractivity contribution in [3.63, 3.8) is 0 Å². The number of aromatic nitrogens is 2. The summed E-state index contributed by atoms with van der Waals surface area (Å²) in [5.41, 5.74) is 4.13. The van der Waals surface area contributed by atoms with Crippen LogP contribution in [0.3, 0.4) is 0 Å². The number of rotatable bonds is 6. The van der Waals surface area contributed by atoms with E-state index in [0.29, 0.717) is 40.3 Å². The second-order valence-corrected chi connectivity index (χ2v) is 10.2. The van der Waals surface area contributed by atoms with Gasteiger partial charge >= 0.3 is 5.97 Å². The minimum atomic E-state index is -0.449. The van der Waals surface area contributed by atoms with Gasteiger partial charge in [0.1, 0.15) is 23.1 Å². The monoisotopic (exact) mass is 487 g/mol. The third-order valence-corrected chi connectivity index (χ3v) is 5.85. The van der Waals surface area contributed by atoms with Gasteiger partial charge in [-0.3, -0.25) is 14.5 Å². The van der Waals surface area contributed by atoms with Crippen molar-refractivity contribution in [3.05, 3.63) is 63.7 Å². The zero-order valence-electron chi connectivity index (χ0n) is 21.2. The van der Waals surface area contributed by atoms with E-state index < -0.39 is 10.9 Å². The SMILES string of the molecule is COC(=O)c1ccc2c(c1)n1c(NC(C)(C)C)c(-c3ccc([N+](=O)[O-])cc3)c(C#N)c1n2CC(C)C. The fraction of sp³-hybridized carbons (Fsp3) is 0.333. The summed E-state index contributed by atoms with van der Waals surface area (Å²) in [6.07, 6.45) is 0. The Balaban J connectivity index is 2.18. The second-order valence-electron chi connectivity index (χ2n) is 10.2. The molecule has 4 rings (SSSR count). The lowest BCUT2D eigenvalue weighted by Crippen LogP contribution is -2.27. The Morgan fingerprint density at radius 3 is 2.36 bits per heavy atom. The van der Waals surface area contributed by atoms with Crippen LogP contribution in [0.2, 0.25) is 0 Å². The minimum absolute atomic E-state index is 0.0242. The van der Waals surface area contributed by atoms with E-state index in [1.807, 2.05) is 31.2 Å². The van der Waals surface area contributed by atoms with Crippen LogP contribution in [-0.2, 0) is 11.3 Å². The molecule has 0 radical (unpaired) electrons.